The first kappa shape index (κ1) is 31.4. The van der Waals surface area contributed by atoms with Crippen molar-refractivity contribution in [3.05, 3.63) is 94.2 Å². The second-order valence-corrected chi connectivity index (χ2v) is 12.0. The summed E-state index contributed by atoms with van der Waals surface area (Å²) in [5.74, 6) is -1.54. The molecule has 40 heavy (non-hydrogen) atoms. The molecule has 0 spiro atoms. The van der Waals surface area contributed by atoms with Gasteiger partial charge in [0.05, 0.1) is 20.6 Å². The average Bonchev–Trinajstić information content (AvgIpc) is 2.94. The van der Waals surface area contributed by atoms with Gasteiger partial charge >= 0.3 is 0 Å². The van der Waals surface area contributed by atoms with Crippen molar-refractivity contribution in [2.45, 2.75) is 57.1 Å². The van der Waals surface area contributed by atoms with Crippen molar-refractivity contribution in [1.29, 1.82) is 0 Å². The van der Waals surface area contributed by atoms with Gasteiger partial charge in [-0.15, -0.1) is 0 Å². The molecular formula is C29H32Cl2FN3O4S. The van der Waals surface area contributed by atoms with Crippen LogP contribution < -0.4 is 9.62 Å². The minimum Gasteiger partial charge on any atom is -0.352 e. The van der Waals surface area contributed by atoms with Crippen LogP contribution in [0.2, 0.25) is 10.0 Å². The van der Waals surface area contributed by atoms with E-state index in [4.69, 9.17) is 23.2 Å². The first-order valence-corrected chi connectivity index (χ1v) is 15.0. The Morgan fingerprint density at radius 1 is 0.925 bits per heavy atom. The zero-order chi connectivity index (χ0) is 29.4. The molecule has 1 N–H and O–H groups in total. The van der Waals surface area contributed by atoms with E-state index < -0.39 is 34.3 Å². The molecule has 0 aliphatic rings. The molecule has 0 bridgehead atoms. The Balaban J connectivity index is 2.06. The average molecular weight is 609 g/mol. The Bertz CT molecular complexity index is 1420. The number of benzene rings is 3. The molecule has 0 heterocycles. The van der Waals surface area contributed by atoms with Gasteiger partial charge in [-0.1, -0.05) is 61.3 Å². The van der Waals surface area contributed by atoms with E-state index in [1.807, 2.05) is 13.8 Å². The van der Waals surface area contributed by atoms with Gasteiger partial charge < -0.3 is 10.2 Å². The van der Waals surface area contributed by atoms with Crippen LogP contribution in [-0.4, -0.2) is 43.8 Å². The van der Waals surface area contributed by atoms with Crippen molar-refractivity contribution in [1.82, 2.24) is 10.2 Å². The number of halogens is 3. The zero-order valence-electron chi connectivity index (χ0n) is 22.5. The van der Waals surface area contributed by atoms with Crippen LogP contribution in [0.5, 0.6) is 0 Å². The van der Waals surface area contributed by atoms with Crippen LogP contribution in [0.15, 0.2) is 77.7 Å². The number of nitrogens with zero attached hydrogens (tertiary/aromatic N) is 2. The van der Waals surface area contributed by atoms with Gasteiger partial charge in [0.15, 0.2) is 0 Å². The van der Waals surface area contributed by atoms with Crippen molar-refractivity contribution >= 4 is 50.7 Å². The molecule has 214 valence electrons. The lowest BCUT2D eigenvalue weighted by molar-refractivity contribution is -0.140. The summed E-state index contributed by atoms with van der Waals surface area (Å²) < 4.78 is 42.1. The Morgan fingerprint density at radius 2 is 1.57 bits per heavy atom. The van der Waals surface area contributed by atoms with Crippen molar-refractivity contribution in [2.75, 3.05) is 10.8 Å². The molecule has 11 heteroatoms. The highest BCUT2D eigenvalue weighted by molar-refractivity contribution is 7.92. The molecule has 3 rings (SSSR count). The lowest BCUT2D eigenvalue weighted by Gasteiger charge is -2.33. The van der Waals surface area contributed by atoms with Crippen LogP contribution >= 0.6 is 23.2 Å². The first-order valence-electron chi connectivity index (χ1n) is 12.8. The molecule has 0 aliphatic carbocycles. The largest absolute Gasteiger partial charge is 0.352 e. The number of hydrogen-bond donors (Lipinski definition) is 1. The molecule has 0 aromatic heterocycles. The van der Waals surface area contributed by atoms with Crippen LogP contribution in [0.25, 0.3) is 0 Å². The van der Waals surface area contributed by atoms with Gasteiger partial charge in [-0.3, -0.25) is 13.9 Å². The maximum atomic E-state index is 14.0. The Morgan fingerprint density at radius 3 is 2.15 bits per heavy atom. The number of nitrogens with one attached hydrogen (secondary N) is 1. The molecule has 0 saturated carbocycles. The zero-order valence-corrected chi connectivity index (χ0v) is 24.8. The molecule has 0 radical (unpaired) electrons. The second kappa shape index (κ2) is 14.0. The van der Waals surface area contributed by atoms with E-state index in [1.54, 1.807) is 43.3 Å². The number of amides is 2. The highest BCUT2D eigenvalue weighted by atomic mass is 35.5. The van der Waals surface area contributed by atoms with Crippen LogP contribution in [0.3, 0.4) is 0 Å². The standard InChI is InChI=1S/C29H32Cl2FN3O4S/c1-4-20(3)33-29(37)27(5-2)34(18-21-11-16-25(30)26(31)17-21)28(36)19-35(23-14-12-22(32)13-15-23)40(38,39)24-9-7-6-8-10-24/h6-17,20,27H,4-5,18-19H2,1-3H3,(H,33,37)/t20-,27-/m1/s1. The van der Waals surface area contributed by atoms with E-state index in [9.17, 15) is 22.4 Å². The first-order chi connectivity index (χ1) is 19.0. The molecule has 3 aromatic carbocycles. The maximum absolute atomic E-state index is 14.0. The SMILES string of the molecule is CC[C@@H](C)NC(=O)[C@@H](CC)N(Cc1ccc(Cl)c(Cl)c1)C(=O)CN(c1ccc(F)cc1)S(=O)(=O)c1ccccc1. The lowest BCUT2D eigenvalue weighted by Crippen LogP contribution is -2.53. The normalized spacial score (nSPS) is 12.8. The van der Waals surface area contributed by atoms with Crippen LogP contribution in [0.1, 0.15) is 39.2 Å². The highest BCUT2D eigenvalue weighted by Crippen LogP contribution is 2.27. The molecule has 0 saturated heterocycles. The predicted octanol–water partition coefficient (Wildman–Crippen LogP) is 6.05. The molecule has 0 unspecified atom stereocenters. The number of anilines is 1. The maximum Gasteiger partial charge on any atom is 0.264 e. The summed E-state index contributed by atoms with van der Waals surface area (Å²) in [4.78, 5) is 28.6. The smallest absolute Gasteiger partial charge is 0.264 e. The van der Waals surface area contributed by atoms with Gasteiger partial charge in [-0.2, -0.15) is 0 Å². The number of hydrogen-bond acceptors (Lipinski definition) is 4. The third-order valence-corrected chi connectivity index (χ3v) is 8.98. The van der Waals surface area contributed by atoms with Crippen LogP contribution in [-0.2, 0) is 26.2 Å². The molecule has 0 fully saturated rings. The molecule has 3 aromatic rings. The number of carbonyl (C=O) groups excluding carboxylic acids is 2. The van der Waals surface area contributed by atoms with E-state index in [2.05, 4.69) is 5.32 Å². The summed E-state index contributed by atoms with van der Waals surface area (Å²) >= 11 is 12.3. The fourth-order valence-electron chi connectivity index (χ4n) is 4.05. The minimum absolute atomic E-state index is 0.0230. The third-order valence-electron chi connectivity index (χ3n) is 6.45. The summed E-state index contributed by atoms with van der Waals surface area (Å²) in [6.45, 7) is 4.91. The number of sulfonamides is 1. The quantitative estimate of drug-likeness (QED) is 0.271. The number of carbonyl (C=O) groups is 2. The summed E-state index contributed by atoms with van der Waals surface area (Å²) in [6.07, 6.45) is 0.966. The van der Waals surface area contributed by atoms with Crippen molar-refractivity contribution in [3.63, 3.8) is 0 Å². The monoisotopic (exact) mass is 607 g/mol. The number of rotatable bonds is 12. The van der Waals surface area contributed by atoms with Gasteiger partial charge in [0.2, 0.25) is 11.8 Å². The molecule has 2 amide bonds. The molecule has 0 aliphatic heterocycles. The van der Waals surface area contributed by atoms with E-state index in [0.29, 0.717) is 17.0 Å². The third kappa shape index (κ3) is 7.74. The molecule has 2 atom stereocenters. The Labute approximate surface area is 244 Å². The van der Waals surface area contributed by atoms with Crippen LogP contribution in [0, 0.1) is 5.82 Å². The summed E-state index contributed by atoms with van der Waals surface area (Å²) in [6, 6.07) is 16.3. The van der Waals surface area contributed by atoms with Gasteiger partial charge in [-0.25, -0.2) is 12.8 Å². The predicted molar refractivity (Wildman–Crippen MR) is 156 cm³/mol. The lowest BCUT2D eigenvalue weighted by atomic mass is 10.1. The Kier molecular flexibility index (Phi) is 11.0. The highest BCUT2D eigenvalue weighted by Gasteiger charge is 2.34. The van der Waals surface area contributed by atoms with Gasteiger partial charge in [0, 0.05) is 12.6 Å². The molecular weight excluding hydrogens is 576 g/mol. The topological polar surface area (TPSA) is 86.8 Å². The minimum atomic E-state index is -4.23. The Hall–Kier alpha value is -3.14. The summed E-state index contributed by atoms with van der Waals surface area (Å²) in [7, 11) is -4.23. The van der Waals surface area contributed by atoms with Gasteiger partial charge in [0.25, 0.3) is 10.0 Å². The van der Waals surface area contributed by atoms with Crippen molar-refractivity contribution in [3.8, 4) is 0 Å². The van der Waals surface area contributed by atoms with E-state index in [1.165, 1.54) is 29.2 Å². The van der Waals surface area contributed by atoms with Crippen molar-refractivity contribution < 1.29 is 22.4 Å². The second-order valence-electron chi connectivity index (χ2n) is 9.31. The van der Waals surface area contributed by atoms with E-state index in [0.717, 1.165) is 16.4 Å². The van der Waals surface area contributed by atoms with E-state index in [-0.39, 0.29) is 40.5 Å². The van der Waals surface area contributed by atoms with Crippen molar-refractivity contribution in [2.24, 2.45) is 0 Å². The van der Waals surface area contributed by atoms with E-state index >= 15 is 0 Å². The summed E-state index contributed by atoms with van der Waals surface area (Å²) in [5, 5.41) is 3.53. The fraction of sp³-hybridized carbons (Fsp3) is 0.310. The molecule has 7 nitrogen and oxygen atoms in total. The van der Waals surface area contributed by atoms with Gasteiger partial charge in [0.1, 0.15) is 18.4 Å². The fourth-order valence-corrected chi connectivity index (χ4v) is 5.81. The van der Waals surface area contributed by atoms with Gasteiger partial charge in [-0.05, 0) is 73.9 Å². The van der Waals surface area contributed by atoms with Crippen LogP contribution in [0.4, 0.5) is 10.1 Å². The summed E-state index contributed by atoms with van der Waals surface area (Å²) in [5.41, 5.74) is 0.710.